The molecule has 1 amide bonds. The van der Waals surface area contributed by atoms with Crippen molar-refractivity contribution in [3.8, 4) is 5.75 Å². The summed E-state index contributed by atoms with van der Waals surface area (Å²) >= 11 is 6.12. The molecule has 3 nitrogen and oxygen atoms in total. The van der Waals surface area contributed by atoms with Crippen molar-refractivity contribution in [2.45, 2.75) is 32.7 Å². The number of hydrogen-bond donors (Lipinski definition) is 1. The Bertz CT molecular complexity index is 685. The smallest absolute Gasteiger partial charge is 0.224 e. The van der Waals surface area contributed by atoms with Crippen LogP contribution in [0.5, 0.6) is 5.75 Å². The van der Waals surface area contributed by atoms with Crippen LogP contribution in [0.2, 0.25) is 5.02 Å². The van der Waals surface area contributed by atoms with Gasteiger partial charge in [-0.3, -0.25) is 4.79 Å². The number of hydrogen-bond acceptors (Lipinski definition) is 2. The largest absolute Gasteiger partial charge is 0.496 e. The zero-order valence-corrected chi connectivity index (χ0v) is 14.5. The van der Waals surface area contributed by atoms with Crippen LogP contribution in [0.15, 0.2) is 42.5 Å². The number of benzene rings is 2. The minimum atomic E-state index is -0.0292. The van der Waals surface area contributed by atoms with Crippen LogP contribution >= 0.6 is 11.6 Å². The molecular formula is C19H22ClNO2. The highest BCUT2D eigenvalue weighted by Crippen LogP contribution is 2.24. The number of aryl methyl sites for hydroxylation is 1. The van der Waals surface area contributed by atoms with Crippen molar-refractivity contribution < 1.29 is 9.53 Å². The van der Waals surface area contributed by atoms with Gasteiger partial charge in [-0.1, -0.05) is 48.9 Å². The van der Waals surface area contributed by atoms with E-state index in [1.807, 2.05) is 37.3 Å². The van der Waals surface area contributed by atoms with E-state index in [4.69, 9.17) is 16.3 Å². The molecule has 0 aliphatic heterocycles. The first-order valence-electron chi connectivity index (χ1n) is 7.72. The van der Waals surface area contributed by atoms with E-state index in [1.54, 1.807) is 13.2 Å². The Morgan fingerprint density at radius 3 is 2.61 bits per heavy atom. The first-order chi connectivity index (χ1) is 11.0. The van der Waals surface area contributed by atoms with Crippen LogP contribution in [-0.2, 0) is 11.2 Å². The Labute approximate surface area is 142 Å². The van der Waals surface area contributed by atoms with E-state index < -0.39 is 0 Å². The molecule has 0 saturated heterocycles. The molecule has 1 atom stereocenters. The van der Waals surface area contributed by atoms with Crippen molar-refractivity contribution in [3.63, 3.8) is 0 Å². The first kappa shape index (κ1) is 17.4. The van der Waals surface area contributed by atoms with Crippen molar-refractivity contribution >= 4 is 17.5 Å². The normalized spacial score (nSPS) is 11.8. The zero-order valence-electron chi connectivity index (χ0n) is 13.7. The Hall–Kier alpha value is -2.00. The minimum Gasteiger partial charge on any atom is -0.496 e. The Balaban J connectivity index is 2.08. The highest BCUT2D eigenvalue weighted by atomic mass is 35.5. The van der Waals surface area contributed by atoms with Crippen LogP contribution in [0.25, 0.3) is 0 Å². The van der Waals surface area contributed by atoms with Crippen LogP contribution in [-0.4, -0.2) is 13.0 Å². The number of methoxy groups -OCH3 is 1. The lowest BCUT2D eigenvalue weighted by Crippen LogP contribution is -2.29. The number of carbonyl (C=O) groups is 1. The Kier molecular flexibility index (Phi) is 6.05. The lowest BCUT2D eigenvalue weighted by atomic mass is 10.0. The lowest BCUT2D eigenvalue weighted by Gasteiger charge is -2.19. The molecule has 0 saturated carbocycles. The summed E-state index contributed by atoms with van der Waals surface area (Å²) in [5.41, 5.74) is 2.98. The molecule has 2 aromatic carbocycles. The predicted octanol–water partition coefficient (Wildman–Crippen LogP) is 4.47. The van der Waals surface area contributed by atoms with Gasteiger partial charge in [0, 0.05) is 5.02 Å². The van der Waals surface area contributed by atoms with Crippen molar-refractivity contribution in [1.29, 1.82) is 0 Å². The van der Waals surface area contributed by atoms with Crippen LogP contribution in [0, 0.1) is 6.92 Å². The van der Waals surface area contributed by atoms with Gasteiger partial charge in [-0.2, -0.15) is 0 Å². The summed E-state index contributed by atoms with van der Waals surface area (Å²) in [7, 11) is 1.66. The summed E-state index contributed by atoms with van der Waals surface area (Å²) in [4.78, 5) is 12.3. The van der Waals surface area contributed by atoms with Crippen molar-refractivity contribution in [2.75, 3.05) is 7.11 Å². The SMILES string of the molecule is CC[C@@H](NC(=O)Cc1ccccc1Cl)c1ccc(OC)c(C)c1. The summed E-state index contributed by atoms with van der Waals surface area (Å²) in [5, 5.41) is 3.71. The van der Waals surface area contributed by atoms with Gasteiger partial charge < -0.3 is 10.1 Å². The van der Waals surface area contributed by atoms with Crippen LogP contribution in [0.4, 0.5) is 0 Å². The average molecular weight is 332 g/mol. The van der Waals surface area contributed by atoms with Crippen molar-refractivity contribution in [3.05, 3.63) is 64.2 Å². The van der Waals surface area contributed by atoms with Gasteiger partial charge in [0.15, 0.2) is 0 Å². The van der Waals surface area contributed by atoms with Crippen LogP contribution in [0.3, 0.4) is 0 Å². The molecular weight excluding hydrogens is 310 g/mol. The molecule has 2 aromatic rings. The summed E-state index contributed by atoms with van der Waals surface area (Å²) in [6.45, 7) is 4.06. The molecule has 4 heteroatoms. The third-order valence-electron chi connectivity index (χ3n) is 3.87. The van der Waals surface area contributed by atoms with Gasteiger partial charge in [0.2, 0.25) is 5.91 Å². The Morgan fingerprint density at radius 2 is 2.00 bits per heavy atom. The third kappa shape index (κ3) is 4.49. The molecule has 0 aliphatic carbocycles. The second kappa shape index (κ2) is 8.02. The molecule has 0 unspecified atom stereocenters. The number of ether oxygens (including phenoxy) is 1. The molecule has 0 fully saturated rings. The summed E-state index contributed by atoms with van der Waals surface area (Å²) in [5.74, 6) is 0.824. The molecule has 2 rings (SSSR count). The predicted molar refractivity (Wildman–Crippen MR) is 94.1 cm³/mol. The number of halogens is 1. The molecule has 0 aromatic heterocycles. The molecule has 0 bridgehead atoms. The molecule has 0 aliphatic rings. The fraction of sp³-hybridized carbons (Fsp3) is 0.316. The quantitative estimate of drug-likeness (QED) is 0.848. The maximum Gasteiger partial charge on any atom is 0.224 e. The highest BCUT2D eigenvalue weighted by molar-refractivity contribution is 6.31. The van der Waals surface area contributed by atoms with Gasteiger partial charge in [-0.25, -0.2) is 0 Å². The molecule has 0 radical (unpaired) electrons. The van der Waals surface area contributed by atoms with Crippen LogP contribution < -0.4 is 10.1 Å². The van der Waals surface area contributed by atoms with E-state index in [0.717, 1.165) is 28.9 Å². The maximum atomic E-state index is 12.3. The third-order valence-corrected chi connectivity index (χ3v) is 4.24. The second-order valence-electron chi connectivity index (χ2n) is 5.53. The number of amides is 1. The van der Waals surface area contributed by atoms with Crippen molar-refractivity contribution in [2.24, 2.45) is 0 Å². The van der Waals surface area contributed by atoms with E-state index in [0.29, 0.717) is 5.02 Å². The highest BCUT2D eigenvalue weighted by Gasteiger charge is 2.15. The van der Waals surface area contributed by atoms with E-state index >= 15 is 0 Å². The minimum absolute atomic E-state index is 0.0189. The summed E-state index contributed by atoms with van der Waals surface area (Å²) in [6, 6.07) is 13.4. The van der Waals surface area contributed by atoms with E-state index in [1.165, 1.54) is 0 Å². The van der Waals surface area contributed by atoms with Crippen LogP contribution in [0.1, 0.15) is 36.1 Å². The summed E-state index contributed by atoms with van der Waals surface area (Å²) in [6.07, 6.45) is 1.10. The molecule has 0 spiro atoms. The van der Waals surface area contributed by atoms with Gasteiger partial charge in [-0.05, 0) is 42.2 Å². The monoisotopic (exact) mass is 331 g/mol. The van der Waals surface area contributed by atoms with E-state index in [9.17, 15) is 4.79 Å². The average Bonchev–Trinajstić information content (AvgIpc) is 2.54. The second-order valence-corrected chi connectivity index (χ2v) is 5.93. The van der Waals surface area contributed by atoms with Gasteiger partial charge in [-0.15, -0.1) is 0 Å². The Morgan fingerprint density at radius 1 is 1.26 bits per heavy atom. The fourth-order valence-electron chi connectivity index (χ4n) is 2.60. The van der Waals surface area contributed by atoms with E-state index in [2.05, 4.69) is 18.3 Å². The lowest BCUT2D eigenvalue weighted by molar-refractivity contribution is -0.121. The van der Waals surface area contributed by atoms with E-state index in [-0.39, 0.29) is 18.4 Å². The topological polar surface area (TPSA) is 38.3 Å². The van der Waals surface area contributed by atoms with Gasteiger partial charge in [0.25, 0.3) is 0 Å². The zero-order chi connectivity index (χ0) is 16.8. The number of nitrogens with one attached hydrogen (secondary N) is 1. The van der Waals surface area contributed by atoms with Crippen molar-refractivity contribution in [1.82, 2.24) is 5.32 Å². The standard InChI is InChI=1S/C19H22ClNO2/c1-4-17(15-9-10-18(23-3)13(2)11-15)21-19(22)12-14-7-5-6-8-16(14)20/h5-11,17H,4,12H2,1-3H3,(H,21,22)/t17-/m1/s1. The first-order valence-corrected chi connectivity index (χ1v) is 8.10. The molecule has 23 heavy (non-hydrogen) atoms. The van der Waals surface area contributed by atoms with Gasteiger partial charge in [0.05, 0.1) is 19.6 Å². The van der Waals surface area contributed by atoms with Gasteiger partial charge >= 0.3 is 0 Å². The fourth-order valence-corrected chi connectivity index (χ4v) is 2.80. The summed E-state index contributed by atoms with van der Waals surface area (Å²) < 4.78 is 5.28. The molecule has 1 N–H and O–H groups in total. The number of rotatable bonds is 6. The molecule has 122 valence electrons. The molecule has 0 heterocycles. The van der Waals surface area contributed by atoms with Gasteiger partial charge in [0.1, 0.15) is 5.75 Å². The number of carbonyl (C=O) groups excluding carboxylic acids is 1. The maximum absolute atomic E-state index is 12.3.